The van der Waals surface area contributed by atoms with Gasteiger partial charge < -0.3 is 28.8 Å². The van der Waals surface area contributed by atoms with Crippen LogP contribution in [0.15, 0.2) is 55.6 Å². The van der Waals surface area contributed by atoms with E-state index in [0.717, 1.165) is 0 Å². The Hall–Kier alpha value is -3.01. The van der Waals surface area contributed by atoms with Crippen molar-refractivity contribution < 1.29 is 43.2 Å². The Bertz CT molecular complexity index is 869. The third-order valence-corrected chi connectivity index (χ3v) is 5.61. The molecule has 0 unspecified atom stereocenters. The zero-order valence-corrected chi connectivity index (χ0v) is 20.3. The average Bonchev–Trinajstić information content (AvgIpc) is 2.86. The summed E-state index contributed by atoms with van der Waals surface area (Å²) in [6.07, 6.45) is -2.30. The van der Waals surface area contributed by atoms with Gasteiger partial charge in [-0.05, 0) is 25.0 Å². The van der Waals surface area contributed by atoms with E-state index in [1.54, 1.807) is 56.3 Å². The maximum atomic E-state index is 12.9. The summed E-state index contributed by atoms with van der Waals surface area (Å²) >= 11 is 0. The number of benzene rings is 1. The van der Waals surface area contributed by atoms with Crippen molar-refractivity contribution >= 4 is 17.9 Å². The van der Waals surface area contributed by atoms with Crippen LogP contribution in [0.5, 0.6) is 0 Å². The van der Waals surface area contributed by atoms with E-state index in [2.05, 4.69) is 13.2 Å². The Morgan fingerprint density at radius 3 is 1.97 bits per heavy atom. The number of esters is 3. The summed E-state index contributed by atoms with van der Waals surface area (Å²) in [6.45, 7) is 10.00. The molecule has 0 aromatic heterocycles. The molecule has 1 aliphatic heterocycles. The highest BCUT2D eigenvalue weighted by atomic mass is 16.7. The number of rotatable bonds is 12. The number of hydrogen-bond donors (Lipinski definition) is 1. The normalized spacial score (nSPS) is 25.5. The van der Waals surface area contributed by atoms with Gasteiger partial charge in [-0.2, -0.15) is 0 Å². The minimum absolute atomic E-state index is 0.247. The van der Waals surface area contributed by atoms with Crippen molar-refractivity contribution in [2.75, 3.05) is 13.7 Å². The van der Waals surface area contributed by atoms with Crippen LogP contribution in [0.4, 0.5) is 0 Å². The highest BCUT2D eigenvalue weighted by Crippen LogP contribution is 2.31. The predicted octanol–water partition coefficient (Wildman–Crippen LogP) is 2.82. The number of aliphatic hydroxyl groups excluding tert-OH is 1. The van der Waals surface area contributed by atoms with Crippen LogP contribution in [0.2, 0.25) is 0 Å². The van der Waals surface area contributed by atoms with Crippen LogP contribution >= 0.6 is 0 Å². The predicted molar refractivity (Wildman–Crippen MR) is 126 cm³/mol. The first-order chi connectivity index (χ1) is 16.8. The number of methoxy groups -OCH3 is 1. The largest absolute Gasteiger partial charge is 0.454 e. The van der Waals surface area contributed by atoms with E-state index < -0.39 is 67.1 Å². The number of carbonyl (C=O) groups is 3. The Morgan fingerprint density at radius 1 is 0.943 bits per heavy atom. The topological polar surface area (TPSA) is 118 Å². The first-order valence-electron chi connectivity index (χ1n) is 11.4. The highest BCUT2D eigenvalue weighted by Gasteiger charge is 2.53. The second-order valence-electron chi connectivity index (χ2n) is 8.35. The average molecular weight is 491 g/mol. The van der Waals surface area contributed by atoms with Gasteiger partial charge in [0.1, 0.15) is 6.10 Å². The van der Waals surface area contributed by atoms with Gasteiger partial charge in [0.05, 0.1) is 24.0 Å². The molecule has 0 bridgehead atoms. The maximum absolute atomic E-state index is 12.9. The van der Waals surface area contributed by atoms with Gasteiger partial charge in [-0.15, -0.1) is 13.2 Å². The number of aliphatic hydroxyl groups is 1. The van der Waals surface area contributed by atoms with Crippen LogP contribution in [-0.4, -0.2) is 67.4 Å². The molecule has 1 saturated heterocycles. The molecule has 0 amide bonds. The van der Waals surface area contributed by atoms with E-state index in [0.29, 0.717) is 12.8 Å². The summed E-state index contributed by atoms with van der Waals surface area (Å²) in [5.41, 5.74) is 0.247. The van der Waals surface area contributed by atoms with Crippen LogP contribution in [0, 0.1) is 11.8 Å². The van der Waals surface area contributed by atoms with E-state index in [-0.39, 0.29) is 5.56 Å². The van der Waals surface area contributed by atoms with Crippen LogP contribution in [0.1, 0.15) is 37.0 Å². The number of allylic oxidation sites excluding steroid dienone is 2. The standard InChI is InChI=1S/C26H34O9/c1-6-11-16(3)23(28)34-21-20(33-25(30)18-13-9-8-10-14-18)19(15-27)32-26(31-5)22(21)35-24(29)17(4)12-7-2/h6-10,13-14,16-17,19-22,26-27H,1-2,11-12,15H2,3-5H3/t16-,17-,19+,20+,21-,22+,26-/m0/s1. The SMILES string of the molecule is C=CC[C@H](C)C(=O)O[C@@H]1[C@@H](OC(=O)[C@@H](C)CC=C)[C@@H](OC)O[C@H](CO)[C@H]1OC(=O)c1ccccc1. The Balaban J connectivity index is 2.43. The molecule has 9 heteroatoms. The first-order valence-corrected chi connectivity index (χ1v) is 11.4. The molecule has 2 rings (SSSR count). The lowest BCUT2D eigenvalue weighted by molar-refractivity contribution is -0.301. The quantitative estimate of drug-likeness (QED) is 0.268. The summed E-state index contributed by atoms with van der Waals surface area (Å²) in [5.74, 6) is -3.05. The maximum Gasteiger partial charge on any atom is 0.338 e. The van der Waals surface area contributed by atoms with Crippen LogP contribution in [0.25, 0.3) is 0 Å². The fourth-order valence-electron chi connectivity index (χ4n) is 3.58. The summed E-state index contributed by atoms with van der Waals surface area (Å²) < 4.78 is 28.2. The second-order valence-corrected chi connectivity index (χ2v) is 8.35. The van der Waals surface area contributed by atoms with Crippen molar-refractivity contribution in [1.29, 1.82) is 0 Å². The second kappa shape index (κ2) is 13.8. The van der Waals surface area contributed by atoms with E-state index in [4.69, 9.17) is 23.7 Å². The van der Waals surface area contributed by atoms with E-state index >= 15 is 0 Å². The third-order valence-electron chi connectivity index (χ3n) is 5.61. The lowest BCUT2D eigenvalue weighted by atomic mass is 9.97. The summed E-state index contributed by atoms with van der Waals surface area (Å²) in [4.78, 5) is 38.4. The Morgan fingerprint density at radius 2 is 1.49 bits per heavy atom. The van der Waals surface area contributed by atoms with Crippen molar-refractivity contribution in [1.82, 2.24) is 0 Å². The van der Waals surface area contributed by atoms with Crippen LogP contribution < -0.4 is 0 Å². The zero-order valence-electron chi connectivity index (χ0n) is 20.3. The Kier molecular flexibility index (Phi) is 11.1. The minimum atomic E-state index is -1.31. The Labute approximate surface area is 205 Å². The lowest BCUT2D eigenvalue weighted by Crippen LogP contribution is -2.63. The van der Waals surface area contributed by atoms with Crippen LogP contribution in [-0.2, 0) is 33.3 Å². The summed E-state index contributed by atoms with van der Waals surface area (Å²) in [7, 11) is 1.32. The van der Waals surface area contributed by atoms with Gasteiger partial charge in [0.25, 0.3) is 0 Å². The van der Waals surface area contributed by atoms with Crippen molar-refractivity contribution in [2.45, 2.75) is 57.4 Å². The highest BCUT2D eigenvalue weighted by molar-refractivity contribution is 5.89. The van der Waals surface area contributed by atoms with Gasteiger partial charge in [0.2, 0.25) is 0 Å². The van der Waals surface area contributed by atoms with Gasteiger partial charge in [0, 0.05) is 7.11 Å². The van der Waals surface area contributed by atoms with Crippen molar-refractivity contribution in [3.63, 3.8) is 0 Å². The zero-order chi connectivity index (χ0) is 26.0. The molecule has 192 valence electrons. The molecule has 0 radical (unpaired) electrons. The molecule has 1 fully saturated rings. The number of carbonyl (C=O) groups excluding carboxylic acids is 3. The van der Waals surface area contributed by atoms with Gasteiger partial charge in [-0.1, -0.05) is 44.2 Å². The fraction of sp³-hybridized carbons (Fsp3) is 0.500. The molecule has 1 N–H and O–H groups in total. The van der Waals surface area contributed by atoms with E-state index in [1.165, 1.54) is 7.11 Å². The van der Waals surface area contributed by atoms with E-state index in [1.807, 2.05) is 0 Å². The lowest BCUT2D eigenvalue weighted by Gasteiger charge is -2.44. The molecule has 1 aromatic carbocycles. The molecule has 1 aromatic rings. The van der Waals surface area contributed by atoms with E-state index in [9.17, 15) is 19.5 Å². The summed E-state index contributed by atoms with van der Waals surface area (Å²) in [5, 5.41) is 9.99. The van der Waals surface area contributed by atoms with Crippen LogP contribution in [0.3, 0.4) is 0 Å². The molecular formula is C26H34O9. The molecule has 0 aliphatic carbocycles. The number of ether oxygens (including phenoxy) is 5. The molecule has 9 nitrogen and oxygen atoms in total. The molecule has 7 atom stereocenters. The third kappa shape index (κ3) is 7.48. The molecule has 0 spiro atoms. The van der Waals surface area contributed by atoms with Gasteiger partial charge >= 0.3 is 17.9 Å². The molecule has 1 aliphatic rings. The van der Waals surface area contributed by atoms with Crippen molar-refractivity contribution in [3.05, 3.63) is 61.2 Å². The van der Waals surface area contributed by atoms with Gasteiger partial charge in [0.15, 0.2) is 24.6 Å². The first kappa shape index (κ1) is 28.2. The van der Waals surface area contributed by atoms with Gasteiger partial charge in [-0.25, -0.2) is 4.79 Å². The monoisotopic (exact) mass is 490 g/mol. The molecular weight excluding hydrogens is 456 g/mol. The van der Waals surface area contributed by atoms with Crippen molar-refractivity contribution in [2.24, 2.45) is 11.8 Å². The smallest absolute Gasteiger partial charge is 0.338 e. The molecule has 0 saturated carbocycles. The van der Waals surface area contributed by atoms with Crippen molar-refractivity contribution in [3.8, 4) is 0 Å². The molecule has 35 heavy (non-hydrogen) atoms. The molecule has 1 heterocycles. The summed E-state index contributed by atoms with van der Waals surface area (Å²) in [6, 6.07) is 8.18. The number of hydrogen-bond acceptors (Lipinski definition) is 9. The fourth-order valence-corrected chi connectivity index (χ4v) is 3.58. The van der Waals surface area contributed by atoms with Gasteiger partial charge in [-0.3, -0.25) is 9.59 Å². The minimum Gasteiger partial charge on any atom is -0.454 e.